The Bertz CT molecular complexity index is 301. The number of hydrogen-bond donors (Lipinski definition) is 1. The van der Waals surface area contributed by atoms with Crippen molar-refractivity contribution in [3.8, 4) is 0 Å². The van der Waals surface area contributed by atoms with Crippen LogP contribution in [0.1, 0.15) is 39.5 Å². The predicted octanol–water partition coefficient (Wildman–Crippen LogP) is 1.83. The number of nitrogens with zero attached hydrogens (tertiary/aromatic N) is 1. The van der Waals surface area contributed by atoms with Crippen LogP contribution < -0.4 is 5.32 Å². The molecule has 0 aromatic rings. The first kappa shape index (κ1) is 11.9. The fraction of sp³-hybridized carbons (Fsp3) is 1.00. The van der Waals surface area contributed by atoms with Crippen molar-refractivity contribution in [2.45, 2.75) is 51.3 Å². The molecular formula is C14H26N2O. The highest BCUT2D eigenvalue weighted by atomic mass is 16.5. The number of likely N-dealkylation sites (tertiary alicyclic amines) is 1. The lowest BCUT2D eigenvalue weighted by molar-refractivity contribution is -0.189. The fourth-order valence-corrected chi connectivity index (χ4v) is 4.01. The lowest BCUT2D eigenvalue weighted by atomic mass is 9.61. The Morgan fingerprint density at radius 2 is 2.06 bits per heavy atom. The average molecular weight is 238 g/mol. The van der Waals surface area contributed by atoms with Gasteiger partial charge in [0.2, 0.25) is 0 Å². The summed E-state index contributed by atoms with van der Waals surface area (Å²) < 4.78 is 6.28. The SMILES string of the molecule is CC(C)C1NC2(CCN(C)C2)OCC12CCC2. The van der Waals surface area contributed by atoms with Gasteiger partial charge in [-0.3, -0.25) is 5.32 Å². The summed E-state index contributed by atoms with van der Waals surface area (Å²) >= 11 is 0. The van der Waals surface area contributed by atoms with E-state index in [0.29, 0.717) is 17.4 Å². The van der Waals surface area contributed by atoms with Gasteiger partial charge in [-0.25, -0.2) is 0 Å². The van der Waals surface area contributed by atoms with E-state index in [4.69, 9.17) is 4.74 Å². The Balaban J connectivity index is 1.77. The van der Waals surface area contributed by atoms with Gasteiger partial charge in [0, 0.05) is 31.0 Å². The smallest absolute Gasteiger partial charge is 0.133 e. The van der Waals surface area contributed by atoms with Crippen molar-refractivity contribution in [3.05, 3.63) is 0 Å². The molecule has 2 spiro atoms. The average Bonchev–Trinajstić information content (AvgIpc) is 2.58. The van der Waals surface area contributed by atoms with Gasteiger partial charge in [0.1, 0.15) is 5.72 Å². The van der Waals surface area contributed by atoms with Crippen LogP contribution in [0, 0.1) is 11.3 Å². The summed E-state index contributed by atoms with van der Waals surface area (Å²) in [7, 11) is 2.19. The first-order valence-corrected chi connectivity index (χ1v) is 7.16. The van der Waals surface area contributed by atoms with E-state index in [-0.39, 0.29) is 5.72 Å². The van der Waals surface area contributed by atoms with Gasteiger partial charge in [-0.2, -0.15) is 0 Å². The number of nitrogens with one attached hydrogen (secondary N) is 1. The largest absolute Gasteiger partial charge is 0.359 e. The van der Waals surface area contributed by atoms with E-state index in [9.17, 15) is 0 Å². The molecule has 3 fully saturated rings. The van der Waals surface area contributed by atoms with Crippen LogP contribution in [0.25, 0.3) is 0 Å². The van der Waals surface area contributed by atoms with Crippen molar-refractivity contribution in [1.82, 2.24) is 10.2 Å². The first-order chi connectivity index (χ1) is 8.05. The van der Waals surface area contributed by atoms with Crippen molar-refractivity contribution in [2.75, 3.05) is 26.7 Å². The molecule has 0 radical (unpaired) electrons. The lowest BCUT2D eigenvalue weighted by Gasteiger charge is -2.57. The Morgan fingerprint density at radius 3 is 2.53 bits per heavy atom. The highest BCUT2D eigenvalue weighted by Gasteiger charge is 2.54. The minimum absolute atomic E-state index is 0.0372. The van der Waals surface area contributed by atoms with E-state index in [1.165, 1.54) is 19.3 Å². The number of rotatable bonds is 1. The van der Waals surface area contributed by atoms with Crippen molar-refractivity contribution in [1.29, 1.82) is 0 Å². The van der Waals surface area contributed by atoms with Gasteiger partial charge >= 0.3 is 0 Å². The molecule has 2 aliphatic heterocycles. The molecule has 1 aliphatic carbocycles. The van der Waals surface area contributed by atoms with Gasteiger partial charge in [0.25, 0.3) is 0 Å². The molecule has 1 saturated carbocycles. The van der Waals surface area contributed by atoms with Gasteiger partial charge in [-0.1, -0.05) is 20.3 Å². The fourth-order valence-electron chi connectivity index (χ4n) is 4.01. The van der Waals surface area contributed by atoms with Crippen molar-refractivity contribution in [3.63, 3.8) is 0 Å². The molecule has 0 aromatic carbocycles. The van der Waals surface area contributed by atoms with Crippen LogP contribution in [0.4, 0.5) is 0 Å². The van der Waals surface area contributed by atoms with Gasteiger partial charge < -0.3 is 9.64 Å². The van der Waals surface area contributed by atoms with Gasteiger partial charge in [0.15, 0.2) is 0 Å². The summed E-state index contributed by atoms with van der Waals surface area (Å²) in [4.78, 5) is 2.38. The molecule has 2 atom stereocenters. The molecule has 3 nitrogen and oxygen atoms in total. The Morgan fingerprint density at radius 1 is 1.29 bits per heavy atom. The zero-order valence-corrected chi connectivity index (χ0v) is 11.5. The van der Waals surface area contributed by atoms with E-state index in [2.05, 4.69) is 31.1 Å². The summed E-state index contributed by atoms with van der Waals surface area (Å²) in [5.74, 6) is 0.710. The minimum Gasteiger partial charge on any atom is -0.359 e. The van der Waals surface area contributed by atoms with Crippen LogP contribution in [0.3, 0.4) is 0 Å². The third-order valence-electron chi connectivity index (χ3n) is 5.15. The minimum atomic E-state index is -0.0372. The van der Waals surface area contributed by atoms with Crippen LogP contribution in [-0.4, -0.2) is 43.4 Å². The summed E-state index contributed by atoms with van der Waals surface area (Å²) in [6, 6.07) is 0.650. The van der Waals surface area contributed by atoms with Gasteiger partial charge in [0.05, 0.1) is 6.61 Å². The molecule has 98 valence electrons. The summed E-state index contributed by atoms with van der Waals surface area (Å²) in [6.45, 7) is 7.90. The van der Waals surface area contributed by atoms with Crippen LogP contribution in [0.5, 0.6) is 0 Å². The standard InChI is InChI=1S/C14H26N2O/c1-11(2)12-13(5-4-6-13)10-17-14(15-12)7-8-16(3)9-14/h11-12,15H,4-10H2,1-3H3. The third kappa shape index (κ3) is 1.83. The number of hydrogen-bond acceptors (Lipinski definition) is 3. The zero-order valence-electron chi connectivity index (χ0n) is 11.5. The van der Waals surface area contributed by atoms with E-state index in [1.54, 1.807) is 0 Å². The molecule has 2 heterocycles. The lowest BCUT2D eigenvalue weighted by Crippen LogP contribution is -2.68. The van der Waals surface area contributed by atoms with Crippen molar-refractivity contribution < 1.29 is 4.74 Å². The normalized spacial score (nSPS) is 41.3. The molecule has 3 aliphatic rings. The van der Waals surface area contributed by atoms with Crippen LogP contribution in [0.15, 0.2) is 0 Å². The van der Waals surface area contributed by atoms with Crippen molar-refractivity contribution >= 4 is 0 Å². The van der Waals surface area contributed by atoms with Gasteiger partial charge in [-0.05, 0) is 25.8 Å². The summed E-state index contributed by atoms with van der Waals surface area (Å²) in [5.41, 5.74) is 0.422. The predicted molar refractivity (Wildman–Crippen MR) is 68.8 cm³/mol. The summed E-state index contributed by atoms with van der Waals surface area (Å²) in [6.07, 6.45) is 5.24. The number of ether oxygens (including phenoxy) is 1. The maximum atomic E-state index is 6.28. The van der Waals surface area contributed by atoms with E-state index in [0.717, 1.165) is 26.1 Å². The van der Waals surface area contributed by atoms with E-state index >= 15 is 0 Å². The Hall–Kier alpha value is -0.120. The topological polar surface area (TPSA) is 24.5 Å². The zero-order chi connectivity index (χ0) is 12.1. The first-order valence-electron chi connectivity index (χ1n) is 7.16. The third-order valence-corrected chi connectivity index (χ3v) is 5.15. The summed E-state index contributed by atoms with van der Waals surface area (Å²) in [5, 5.41) is 3.89. The maximum Gasteiger partial charge on any atom is 0.133 e. The second-order valence-electron chi connectivity index (χ2n) is 6.85. The quantitative estimate of drug-likeness (QED) is 0.754. The van der Waals surface area contributed by atoms with E-state index < -0.39 is 0 Å². The molecule has 1 N–H and O–H groups in total. The van der Waals surface area contributed by atoms with E-state index in [1.807, 2.05) is 0 Å². The van der Waals surface area contributed by atoms with Crippen LogP contribution in [0.2, 0.25) is 0 Å². The molecule has 2 saturated heterocycles. The second kappa shape index (κ2) is 3.94. The molecular weight excluding hydrogens is 212 g/mol. The molecule has 2 unspecified atom stereocenters. The molecule has 3 heteroatoms. The highest BCUT2D eigenvalue weighted by Crippen LogP contribution is 2.50. The van der Waals surface area contributed by atoms with Crippen molar-refractivity contribution in [2.24, 2.45) is 11.3 Å². The second-order valence-corrected chi connectivity index (χ2v) is 6.85. The van der Waals surface area contributed by atoms with Gasteiger partial charge in [-0.15, -0.1) is 0 Å². The monoisotopic (exact) mass is 238 g/mol. The molecule has 0 aromatic heterocycles. The molecule has 0 amide bonds. The Kier molecular flexibility index (Phi) is 2.77. The molecule has 17 heavy (non-hydrogen) atoms. The maximum absolute atomic E-state index is 6.28. The van der Waals surface area contributed by atoms with Crippen LogP contribution in [-0.2, 0) is 4.74 Å². The highest BCUT2D eigenvalue weighted by molar-refractivity contribution is 5.06. The molecule has 3 rings (SSSR count). The Labute approximate surface area is 105 Å². The van der Waals surface area contributed by atoms with Crippen LogP contribution >= 0.6 is 0 Å². The molecule has 0 bridgehead atoms. The number of likely N-dealkylation sites (N-methyl/N-ethyl adjacent to an activating group) is 1.